The van der Waals surface area contributed by atoms with Crippen LogP contribution in [0.25, 0.3) is 0 Å². The molecule has 3 rings (SSSR count). The van der Waals surface area contributed by atoms with Gasteiger partial charge in [-0.05, 0) is 37.1 Å². The van der Waals surface area contributed by atoms with Crippen LogP contribution in [0.4, 0.5) is 0 Å². The molecule has 0 N–H and O–H groups in total. The minimum Gasteiger partial charge on any atom is -0.261 e. The van der Waals surface area contributed by atoms with Gasteiger partial charge in [-0.15, -0.1) is 0 Å². The van der Waals surface area contributed by atoms with Crippen molar-refractivity contribution >= 4 is 0 Å². The van der Waals surface area contributed by atoms with E-state index < -0.39 is 0 Å². The third-order valence-electron chi connectivity index (χ3n) is 3.35. The fourth-order valence-corrected chi connectivity index (χ4v) is 2.34. The van der Waals surface area contributed by atoms with Crippen LogP contribution in [0, 0.1) is 0 Å². The molecule has 2 nitrogen and oxygen atoms in total. The van der Waals surface area contributed by atoms with Crippen molar-refractivity contribution in [1.82, 2.24) is 9.97 Å². The third-order valence-corrected chi connectivity index (χ3v) is 3.35. The van der Waals surface area contributed by atoms with Crippen LogP contribution in [-0.2, 0) is 0 Å². The molecule has 0 bridgehead atoms. The Morgan fingerprint density at radius 3 is 1.62 bits per heavy atom. The maximum atomic E-state index is 4.41. The first-order valence-corrected chi connectivity index (χ1v) is 5.75. The molecular formula is C14H14N2. The number of hydrogen-bond donors (Lipinski definition) is 0. The molecule has 0 amide bonds. The largest absolute Gasteiger partial charge is 0.261 e. The Labute approximate surface area is 95.4 Å². The quantitative estimate of drug-likeness (QED) is 0.761. The summed E-state index contributed by atoms with van der Waals surface area (Å²) in [5.41, 5.74) is 2.46. The summed E-state index contributed by atoms with van der Waals surface area (Å²) < 4.78 is 0. The van der Waals surface area contributed by atoms with Gasteiger partial charge >= 0.3 is 0 Å². The second-order valence-corrected chi connectivity index (χ2v) is 4.37. The third kappa shape index (κ3) is 1.71. The molecule has 2 heterocycles. The predicted molar refractivity (Wildman–Crippen MR) is 63.2 cm³/mol. The van der Waals surface area contributed by atoms with Crippen molar-refractivity contribution in [1.29, 1.82) is 0 Å². The summed E-state index contributed by atoms with van der Waals surface area (Å²) in [4.78, 5) is 8.82. The topological polar surface area (TPSA) is 25.8 Å². The summed E-state index contributed by atoms with van der Waals surface area (Å²) in [5.74, 6) is 1.27. The normalized spacial score (nSPS) is 23.8. The molecule has 2 heteroatoms. The van der Waals surface area contributed by atoms with E-state index in [1.807, 2.05) is 24.5 Å². The Hall–Kier alpha value is -1.70. The predicted octanol–water partition coefficient (Wildman–Crippen LogP) is 3.14. The SMILES string of the molecule is c1ccc(C2CC(c3ccccn3)C2)nc1. The molecule has 80 valence electrons. The molecule has 1 saturated carbocycles. The summed E-state index contributed by atoms with van der Waals surface area (Å²) in [5, 5.41) is 0. The molecule has 1 fully saturated rings. The molecule has 0 unspecified atom stereocenters. The van der Waals surface area contributed by atoms with Crippen LogP contribution in [-0.4, -0.2) is 9.97 Å². The number of nitrogens with zero attached hydrogens (tertiary/aromatic N) is 2. The standard InChI is InChI=1S/C14H14N2/c1-3-7-15-13(5-1)11-9-12(10-11)14-6-2-4-8-16-14/h1-8,11-12H,9-10H2. The zero-order valence-electron chi connectivity index (χ0n) is 9.08. The van der Waals surface area contributed by atoms with Crippen molar-refractivity contribution in [3.63, 3.8) is 0 Å². The van der Waals surface area contributed by atoms with E-state index in [0.717, 1.165) is 0 Å². The average molecular weight is 210 g/mol. The summed E-state index contributed by atoms with van der Waals surface area (Å²) in [6, 6.07) is 12.3. The first-order valence-electron chi connectivity index (χ1n) is 5.75. The summed E-state index contributed by atoms with van der Waals surface area (Å²) in [7, 11) is 0. The van der Waals surface area contributed by atoms with E-state index in [1.165, 1.54) is 24.2 Å². The second kappa shape index (κ2) is 4.05. The van der Waals surface area contributed by atoms with Crippen molar-refractivity contribution in [2.75, 3.05) is 0 Å². The molecule has 0 saturated heterocycles. The van der Waals surface area contributed by atoms with E-state index in [9.17, 15) is 0 Å². The Morgan fingerprint density at radius 2 is 1.25 bits per heavy atom. The monoisotopic (exact) mass is 210 g/mol. The van der Waals surface area contributed by atoms with Crippen LogP contribution in [0.1, 0.15) is 36.1 Å². The lowest BCUT2D eigenvalue weighted by atomic mass is 9.71. The minimum absolute atomic E-state index is 0.633. The van der Waals surface area contributed by atoms with Crippen molar-refractivity contribution < 1.29 is 0 Å². The van der Waals surface area contributed by atoms with Crippen molar-refractivity contribution in [3.8, 4) is 0 Å². The van der Waals surface area contributed by atoms with Gasteiger partial charge in [0.25, 0.3) is 0 Å². The highest BCUT2D eigenvalue weighted by atomic mass is 14.7. The van der Waals surface area contributed by atoms with Crippen LogP contribution in [0.3, 0.4) is 0 Å². The van der Waals surface area contributed by atoms with Gasteiger partial charge in [0, 0.05) is 35.6 Å². The molecule has 0 atom stereocenters. The smallest absolute Gasteiger partial charge is 0.0434 e. The van der Waals surface area contributed by atoms with E-state index in [4.69, 9.17) is 0 Å². The van der Waals surface area contributed by atoms with E-state index in [0.29, 0.717) is 11.8 Å². The Bertz CT molecular complexity index is 403. The van der Waals surface area contributed by atoms with Gasteiger partial charge in [0.1, 0.15) is 0 Å². The Morgan fingerprint density at radius 1 is 0.750 bits per heavy atom. The van der Waals surface area contributed by atoms with Gasteiger partial charge in [-0.1, -0.05) is 12.1 Å². The highest BCUT2D eigenvalue weighted by molar-refractivity contribution is 5.21. The molecule has 2 aromatic rings. The molecule has 0 spiro atoms. The van der Waals surface area contributed by atoms with Crippen LogP contribution >= 0.6 is 0 Å². The van der Waals surface area contributed by atoms with E-state index in [1.54, 1.807) is 0 Å². The fraction of sp³-hybridized carbons (Fsp3) is 0.286. The van der Waals surface area contributed by atoms with Crippen LogP contribution in [0.2, 0.25) is 0 Å². The Kier molecular flexibility index (Phi) is 2.41. The van der Waals surface area contributed by atoms with Crippen LogP contribution in [0.15, 0.2) is 48.8 Å². The first kappa shape index (κ1) is 9.52. The summed E-state index contributed by atoms with van der Waals surface area (Å²) in [6.45, 7) is 0. The Balaban J connectivity index is 1.68. The molecule has 2 aromatic heterocycles. The number of pyridine rings is 2. The minimum atomic E-state index is 0.633. The second-order valence-electron chi connectivity index (χ2n) is 4.37. The van der Waals surface area contributed by atoms with Crippen LogP contribution < -0.4 is 0 Å². The van der Waals surface area contributed by atoms with E-state index in [2.05, 4.69) is 34.2 Å². The highest BCUT2D eigenvalue weighted by Gasteiger charge is 2.32. The molecule has 0 aromatic carbocycles. The van der Waals surface area contributed by atoms with E-state index in [-0.39, 0.29) is 0 Å². The first-order chi connectivity index (χ1) is 7.93. The highest BCUT2D eigenvalue weighted by Crippen LogP contribution is 2.45. The lowest BCUT2D eigenvalue weighted by Gasteiger charge is -2.34. The van der Waals surface area contributed by atoms with E-state index >= 15 is 0 Å². The zero-order chi connectivity index (χ0) is 10.8. The number of aromatic nitrogens is 2. The van der Waals surface area contributed by atoms with Crippen molar-refractivity contribution in [2.24, 2.45) is 0 Å². The van der Waals surface area contributed by atoms with Gasteiger partial charge in [0.2, 0.25) is 0 Å². The van der Waals surface area contributed by atoms with Gasteiger partial charge in [-0.25, -0.2) is 0 Å². The molecule has 16 heavy (non-hydrogen) atoms. The fourth-order valence-electron chi connectivity index (χ4n) is 2.34. The lowest BCUT2D eigenvalue weighted by molar-refractivity contribution is 0.339. The average Bonchev–Trinajstić information content (AvgIpc) is 2.30. The molecule has 1 aliphatic rings. The molecular weight excluding hydrogens is 196 g/mol. The zero-order valence-corrected chi connectivity index (χ0v) is 9.08. The maximum absolute atomic E-state index is 4.41. The van der Waals surface area contributed by atoms with Gasteiger partial charge in [0.15, 0.2) is 0 Å². The van der Waals surface area contributed by atoms with Gasteiger partial charge in [0.05, 0.1) is 0 Å². The van der Waals surface area contributed by atoms with Crippen molar-refractivity contribution in [2.45, 2.75) is 24.7 Å². The maximum Gasteiger partial charge on any atom is 0.0434 e. The lowest BCUT2D eigenvalue weighted by Crippen LogP contribution is -2.21. The van der Waals surface area contributed by atoms with Crippen molar-refractivity contribution in [3.05, 3.63) is 60.2 Å². The van der Waals surface area contributed by atoms with Crippen LogP contribution in [0.5, 0.6) is 0 Å². The molecule has 1 aliphatic carbocycles. The summed E-state index contributed by atoms with van der Waals surface area (Å²) >= 11 is 0. The molecule has 0 radical (unpaired) electrons. The van der Waals surface area contributed by atoms with Gasteiger partial charge in [-0.3, -0.25) is 9.97 Å². The van der Waals surface area contributed by atoms with Gasteiger partial charge < -0.3 is 0 Å². The molecule has 0 aliphatic heterocycles. The number of hydrogen-bond acceptors (Lipinski definition) is 2. The summed E-state index contributed by atoms with van der Waals surface area (Å²) in [6.07, 6.45) is 6.13. The van der Waals surface area contributed by atoms with Gasteiger partial charge in [-0.2, -0.15) is 0 Å². The number of rotatable bonds is 2.